The largest absolute Gasteiger partial charge is 0.497 e. The lowest BCUT2D eigenvalue weighted by Crippen LogP contribution is -2.29. The molecule has 0 aliphatic carbocycles. The molecule has 0 radical (unpaired) electrons. The van der Waals surface area contributed by atoms with E-state index in [1.165, 1.54) is 36.7 Å². The number of benzene rings is 2. The molecule has 0 saturated heterocycles. The second-order valence-electron chi connectivity index (χ2n) is 6.85. The van der Waals surface area contributed by atoms with E-state index in [1.807, 2.05) is 0 Å². The zero-order chi connectivity index (χ0) is 22.6. The van der Waals surface area contributed by atoms with Gasteiger partial charge in [-0.3, -0.25) is 4.79 Å². The van der Waals surface area contributed by atoms with Crippen molar-refractivity contribution >= 4 is 28.0 Å². The number of carbonyl (C=O) groups excluding carboxylic acids is 2. The summed E-state index contributed by atoms with van der Waals surface area (Å²) in [5, 5.41) is 0. The molecule has 1 aliphatic rings. The molecule has 31 heavy (non-hydrogen) atoms. The molecule has 3 rings (SSSR count). The predicted octanol–water partition coefficient (Wildman–Crippen LogP) is 2.69. The summed E-state index contributed by atoms with van der Waals surface area (Å²) in [7, 11) is 0.188. The second kappa shape index (κ2) is 9.32. The van der Waals surface area contributed by atoms with Gasteiger partial charge in [0.1, 0.15) is 5.75 Å². The van der Waals surface area contributed by atoms with Gasteiger partial charge in [0.15, 0.2) is 0 Å². The van der Waals surface area contributed by atoms with Crippen LogP contribution in [0.5, 0.6) is 5.75 Å². The van der Waals surface area contributed by atoms with Crippen LogP contribution < -0.4 is 4.74 Å². The smallest absolute Gasteiger partial charge is 0.330 e. The number of ether oxygens (including phenoxy) is 3. The van der Waals surface area contributed by atoms with Crippen LogP contribution in [-0.2, 0) is 35.6 Å². The van der Waals surface area contributed by atoms with Gasteiger partial charge in [0, 0.05) is 12.6 Å². The number of sulfonamides is 1. The minimum Gasteiger partial charge on any atom is -0.497 e. The van der Waals surface area contributed by atoms with Gasteiger partial charge in [-0.2, -0.15) is 4.31 Å². The Labute approximate surface area is 181 Å². The monoisotopic (exact) mass is 445 g/mol. The Balaban J connectivity index is 2.00. The Bertz CT molecular complexity index is 1110. The molecule has 0 bridgehead atoms. The minimum absolute atomic E-state index is 0.0794. The molecular formula is C22H23NO7S. The highest BCUT2D eigenvalue weighted by molar-refractivity contribution is 7.89. The average molecular weight is 445 g/mol. The molecule has 1 heterocycles. The van der Waals surface area contributed by atoms with Gasteiger partial charge in [-0.25, -0.2) is 13.2 Å². The van der Waals surface area contributed by atoms with E-state index in [-0.39, 0.29) is 17.9 Å². The van der Waals surface area contributed by atoms with Crippen LogP contribution in [0.2, 0.25) is 0 Å². The maximum absolute atomic E-state index is 13.4. The fourth-order valence-corrected chi connectivity index (χ4v) is 5.28. The zero-order valence-corrected chi connectivity index (χ0v) is 18.2. The second-order valence-corrected chi connectivity index (χ2v) is 8.71. The molecule has 0 spiro atoms. The molecule has 9 heteroatoms. The third-order valence-corrected chi connectivity index (χ3v) is 6.94. The number of fused-ring (bicyclic) bond motifs is 1. The lowest BCUT2D eigenvalue weighted by Gasteiger charge is -2.23. The van der Waals surface area contributed by atoms with Gasteiger partial charge in [0.2, 0.25) is 10.0 Å². The molecule has 8 nitrogen and oxygen atoms in total. The molecule has 1 atom stereocenters. The predicted molar refractivity (Wildman–Crippen MR) is 113 cm³/mol. The summed E-state index contributed by atoms with van der Waals surface area (Å²) in [6, 6.07) is 11.2. The SMILES string of the molecule is COC(=O)/C=C/c1ccc2c(c1)S(=O)(=O)N(Cc1ccc(OC)cc1)[C@H]2CC(=O)OC. The van der Waals surface area contributed by atoms with Crippen molar-refractivity contribution in [2.75, 3.05) is 21.3 Å². The normalized spacial score (nSPS) is 17.3. The quantitative estimate of drug-likeness (QED) is 0.477. The molecular weight excluding hydrogens is 422 g/mol. The van der Waals surface area contributed by atoms with Crippen LogP contribution in [0.15, 0.2) is 53.4 Å². The van der Waals surface area contributed by atoms with Crippen molar-refractivity contribution in [2.24, 2.45) is 0 Å². The Morgan fingerprint density at radius 2 is 1.74 bits per heavy atom. The molecule has 1 aliphatic heterocycles. The number of hydrogen-bond acceptors (Lipinski definition) is 7. The van der Waals surface area contributed by atoms with Gasteiger partial charge in [-0.1, -0.05) is 24.3 Å². The first-order valence-electron chi connectivity index (χ1n) is 9.41. The Kier molecular flexibility index (Phi) is 6.77. The molecule has 0 fully saturated rings. The highest BCUT2D eigenvalue weighted by Gasteiger charge is 2.43. The number of esters is 2. The van der Waals surface area contributed by atoms with E-state index in [0.717, 1.165) is 5.56 Å². The molecule has 2 aromatic carbocycles. The van der Waals surface area contributed by atoms with Crippen molar-refractivity contribution in [1.29, 1.82) is 0 Å². The number of nitrogens with zero attached hydrogens (tertiary/aromatic N) is 1. The summed E-state index contributed by atoms with van der Waals surface area (Å²) in [4.78, 5) is 23.5. The van der Waals surface area contributed by atoms with E-state index in [1.54, 1.807) is 43.5 Å². The van der Waals surface area contributed by atoms with Crippen molar-refractivity contribution in [2.45, 2.75) is 23.9 Å². The molecule has 0 amide bonds. The first-order valence-corrected chi connectivity index (χ1v) is 10.9. The number of carbonyl (C=O) groups is 2. The highest BCUT2D eigenvalue weighted by atomic mass is 32.2. The molecule has 164 valence electrons. The Hall–Kier alpha value is -3.17. The van der Waals surface area contributed by atoms with Gasteiger partial charge in [-0.15, -0.1) is 0 Å². The standard InChI is InChI=1S/C22H23NO7S/c1-28-17-8-4-16(5-9-17)14-23-19(13-22(25)30-3)18-10-6-15(7-11-21(24)29-2)12-20(18)31(23,26)27/h4-12,19H,13-14H2,1-3H3/b11-7+/t19-/m0/s1. The van der Waals surface area contributed by atoms with Crippen molar-refractivity contribution < 1.29 is 32.2 Å². The fourth-order valence-electron chi connectivity index (χ4n) is 3.39. The van der Waals surface area contributed by atoms with Gasteiger partial charge in [0.05, 0.1) is 38.7 Å². The minimum atomic E-state index is -3.89. The maximum atomic E-state index is 13.4. The molecule has 0 N–H and O–H groups in total. The van der Waals surface area contributed by atoms with E-state index < -0.39 is 28.0 Å². The summed E-state index contributed by atoms with van der Waals surface area (Å²) in [6.45, 7) is 0.0794. The van der Waals surface area contributed by atoms with Gasteiger partial charge in [-0.05, 0) is 41.0 Å². The van der Waals surface area contributed by atoms with Crippen LogP contribution in [0.25, 0.3) is 6.08 Å². The lowest BCUT2D eigenvalue weighted by atomic mass is 10.0. The van der Waals surface area contributed by atoms with E-state index in [2.05, 4.69) is 4.74 Å². The zero-order valence-electron chi connectivity index (χ0n) is 17.4. The number of hydrogen-bond donors (Lipinski definition) is 0. The first kappa shape index (κ1) is 22.5. The van der Waals surface area contributed by atoms with Crippen LogP contribution in [0.3, 0.4) is 0 Å². The van der Waals surface area contributed by atoms with Crippen LogP contribution >= 0.6 is 0 Å². The van der Waals surface area contributed by atoms with Crippen LogP contribution in [0.4, 0.5) is 0 Å². The molecule has 0 saturated carbocycles. The van der Waals surface area contributed by atoms with E-state index in [0.29, 0.717) is 16.9 Å². The number of rotatable bonds is 7. The van der Waals surface area contributed by atoms with Gasteiger partial charge >= 0.3 is 11.9 Å². The molecule has 0 unspecified atom stereocenters. The Morgan fingerprint density at radius 1 is 1.03 bits per heavy atom. The van der Waals surface area contributed by atoms with Gasteiger partial charge in [0.25, 0.3) is 0 Å². The van der Waals surface area contributed by atoms with Gasteiger partial charge < -0.3 is 14.2 Å². The Morgan fingerprint density at radius 3 is 2.35 bits per heavy atom. The summed E-state index contributed by atoms with van der Waals surface area (Å²) in [5.41, 5.74) is 1.78. The average Bonchev–Trinajstić information content (AvgIpc) is 2.98. The highest BCUT2D eigenvalue weighted by Crippen LogP contribution is 2.43. The summed E-state index contributed by atoms with van der Waals surface area (Å²) in [5.74, 6) is -0.403. The third-order valence-electron chi connectivity index (χ3n) is 5.03. The summed E-state index contributed by atoms with van der Waals surface area (Å²) >= 11 is 0. The first-order chi connectivity index (χ1) is 14.8. The maximum Gasteiger partial charge on any atom is 0.330 e. The van der Waals surface area contributed by atoms with Crippen molar-refractivity contribution in [3.63, 3.8) is 0 Å². The van der Waals surface area contributed by atoms with Crippen molar-refractivity contribution in [3.8, 4) is 5.75 Å². The van der Waals surface area contributed by atoms with E-state index in [9.17, 15) is 18.0 Å². The topological polar surface area (TPSA) is 99.2 Å². The third kappa shape index (κ3) is 4.78. The fraction of sp³-hybridized carbons (Fsp3) is 0.273. The van der Waals surface area contributed by atoms with Crippen LogP contribution in [0, 0.1) is 0 Å². The van der Waals surface area contributed by atoms with Crippen molar-refractivity contribution in [1.82, 2.24) is 4.31 Å². The summed E-state index contributed by atoms with van der Waals surface area (Å²) < 4.78 is 42.5. The van der Waals surface area contributed by atoms with Crippen molar-refractivity contribution in [3.05, 3.63) is 65.2 Å². The van der Waals surface area contributed by atoms with Crippen LogP contribution in [-0.4, -0.2) is 46.0 Å². The molecule has 0 aromatic heterocycles. The molecule has 2 aromatic rings. The summed E-state index contributed by atoms with van der Waals surface area (Å²) in [6.07, 6.45) is 2.57. The van der Waals surface area contributed by atoms with E-state index in [4.69, 9.17) is 9.47 Å². The lowest BCUT2D eigenvalue weighted by molar-refractivity contribution is -0.141. The number of methoxy groups -OCH3 is 3. The van der Waals surface area contributed by atoms with Crippen LogP contribution in [0.1, 0.15) is 29.2 Å². The van der Waals surface area contributed by atoms with E-state index >= 15 is 0 Å².